The summed E-state index contributed by atoms with van der Waals surface area (Å²) in [6.45, 7) is 0. The molecule has 0 unspecified atom stereocenters. The number of rotatable bonds is 2. The molecule has 0 aliphatic carbocycles. The third-order valence-electron chi connectivity index (χ3n) is 6.12. The number of nitrogens with zero attached hydrogens (tertiary/aromatic N) is 2. The van der Waals surface area contributed by atoms with Crippen molar-refractivity contribution >= 4 is 44.0 Å². The Morgan fingerprint density at radius 3 is 1.81 bits per heavy atom. The van der Waals surface area contributed by atoms with Crippen LogP contribution in [0.15, 0.2) is 114 Å². The predicted molar refractivity (Wildman–Crippen MR) is 127 cm³/mol. The molecule has 3 nitrogen and oxygen atoms in total. The van der Waals surface area contributed by atoms with E-state index in [1.54, 1.807) is 0 Å². The summed E-state index contributed by atoms with van der Waals surface area (Å²) in [6.07, 6.45) is 0. The van der Waals surface area contributed by atoms with Gasteiger partial charge in [-0.15, -0.1) is 0 Å². The fourth-order valence-corrected chi connectivity index (χ4v) is 4.87. The molecule has 7 rings (SSSR count). The van der Waals surface area contributed by atoms with Crippen LogP contribution in [0.25, 0.3) is 55.4 Å². The number of hydrogen-bond acceptors (Lipinski definition) is 1. The molecule has 146 valence electrons. The van der Waals surface area contributed by atoms with Gasteiger partial charge in [0, 0.05) is 21.8 Å². The van der Waals surface area contributed by atoms with Gasteiger partial charge in [-0.2, -0.15) is 0 Å². The van der Waals surface area contributed by atoms with Crippen molar-refractivity contribution in [1.82, 2.24) is 9.13 Å². The van der Waals surface area contributed by atoms with Gasteiger partial charge >= 0.3 is 0 Å². The molecule has 3 heteroatoms. The van der Waals surface area contributed by atoms with Gasteiger partial charge in [-0.3, -0.25) is 9.13 Å². The van der Waals surface area contributed by atoms with Crippen molar-refractivity contribution in [3.05, 3.63) is 109 Å². The molecular weight excluding hydrogens is 380 g/mol. The molecule has 31 heavy (non-hydrogen) atoms. The molecule has 0 N–H and O–H groups in total. The fraction of sp³-hybridized carbons (Fsp3) is 0. The van der Waals surface area contributed by atoms with Crippen LogP contribution in [0.3, 0.4) is 0 Å². The van der Waals surface area contributed by atoms with Gasteiger partial charge in [0.1, 0.15) is 11.2 Å². The van der Waals surface area contributed by atoms with Crippen LogP contribution in [0.1, 0.15) is 0 Å². The van der Waals surface area contributed by atoms with Crippen molar-refractivity contribution in [2.24, 2.45) is 0 Å². The number of furan rings is 1. The number of para-hydroxylation sites is 4. The molecule has 0 radical (unpaired) electrons. The van der Waals surface area contributed by atoms with Crippen molar-refractivity contribution in [1.29, 1.82) is 0 Å². The van der Waals surface area contributed by atoms with Gasteiger partial charge in [-0.25, -0.2) is 0 Å². The standard InChI is InChI=1S/C28H18N2O/c1-3-11-19(12-4-1)29-23-17-9-7-15-21(23)25-26-22-16-8-10-18-24(22)31-28(26)30(27(25)29)20-13-5-2-6-14-20/h1-18H. The molecule has 0 atom stereocenters. The van der Waals surface area contributed by atoms with Crippen LogP contribution in [0.5, 0.6) is 0 Å². The van der Waals surface area contributed by atoms with E-state index in [1.807, 2.05) is 18.2 Å². The Balaban J connectivity index is 1.82. The Morgan fingerprint density at radius 1 is 0.484 bits per heavy atom. The third-order valence-corrected chi connectivity index (χ3v) is 6.12. The summed E-state index contributed by atoms with van der Waals surface area (Å²) in [5.41, 5.74) is 6.33. The lowest BCUT2D eigenvalue weighted by Gasteiger charge is -2.11. The van der Waals surface area contributed by atoms with Crippen LogP contribution in [0.2, 0.25) is 0 Å². The highest BCUT2D eigenvalue weighted by Crippen LogP contribution is 2.44. The van der Waals surface area contributed by atoms with Gasteiger partial charge < -0.3 is 4.42 Å². The minimum absolute atomic E-state index is 0.882. The first-order valence-corrected chi connectivity index (χ1v) is 10.5. The average molecular weight is 398 g/mol. The Kier molecular flexibility index (Phi) is 3.27. The van der Waals surface area contributed by atoms with Gasteiger partial charge in [0.25, 0.3) is 0 Å². The predicted octanol–water partition coefficient (Wildman–Crippen LogP) is 7.47. The van der Waals surface area contributed by atoms with Crippen LogP contribution in [0.4, 0.5) is 0 Å². The van der Waals surface area contributed by atoms with Crippen LogP contribution in [-0.4, -0.2) is 9.13 Å². The highest BCUT2D eigenvalue weighted by molar-refractivity contribution is 6.28. The Labute approximate surface area is 178 Å². The number of benzene rings is 4. The molecule has 4 aromatic carbocycles. The maximum absolute atomic E-state index is 6.47. The van der Waals surface area contributed by atoms with Gasteiger partial charge in [0.15, 0.2) is 0 Å². The van der Waals surface area contributed by atoms with E-state index in [2.05, 4.69) is 100 Å². The maximum Gasteiger partial charge on any atom is 0.215 e. The van der Waals surface area contributed by atoms with Crippen molar-refractivity contribution < 1.29 is 4.42 Å². The molecule has 0 spiro atoms. The summed E-state index contributed by atoms with van der Waals surface area (Å²) in [4.78, 5) is 0. The highest BCUT2D eigenvalue weighted by Gasteiger charge is 2.25. The normalized spacial score (nSPS) is 11.9. The van der Waals surface area contributed by atoms with Gasteiger partial charge in [0.2, 0.25) is 5.71 Å². The third kappa shape index (κ3) is 2.18. The van der Waals surface area contributed by atoms with Crippen molar-refractivity contribution in [3.63, 3.8) is 0 Å². The molecule has 3 aromatic heterocycles. The van der Waals surface area contributed by atoms with Crippen LogP contribution in [0, 0.1) is 0 Å². The minimum atomic E-state index is 0.882. The molecule has 7 aromatic rings. The first-order chi connectivity index (χ1) is 15.4. The van der Waals surface area contributed by atoms with Crippen LogP contribution < -0.4 is 0 Å². The summed E-state index contributed by atoms with van der Waals surface area (Å²) in [5.74, 6) is 0. The molecule has 0 saturated carbocycles. The molecule has 0 saturated heterocycles. The second kappa shape index (κ2) is 6.13. The number of hydrogen-bond donors (Lipinski definition) is 0. The molecular formula is C28H18N2O. The molecule has 0 aliphatic rings. The van der Waals surface area contributed by atoms with Crippen molar-refractivity contribution in [3.8, 4) is 11.4 Å². The van der Waals surface area contributed by atoms with E-state index < -0.39 is 0 Å². The van der Waals surface area contributed by atoms with Crippen LogP contribution >= 0.6 is 0 Å². The van der Waals surface area contributed by atoms with Crippen molar-refractivity contribution in [2.75, 3.05) is 0 Å². The lowest BCUT2D eigenvalue weighted by molar-refractivity contribution is 0.644. The number of fused-ring (bicyclic) bond motifs is 7. The zero-order chi connectivity index (χ0) is 20.4. The van der Waals surface area contributed by atoms with Crippen LogP contribution in [-0.2, 0) is 0 Å². The zero-order valence-electron chi connectivity index (χ0n) is 16.7. The van der Waals surface area contributed by atoms with E-state index in [1.165, 1.54) is 21.7 Å². The molecule has 0 amide bonds. The summed E-state index contributed by atoms with van der Waals surface area (Å²) in [5, 5.41) is 4.77. The summed E-state index contributed by atoms with van der Waals surface area (Å²) in [7, 11) is 0. The van der Waals surface area contributed by atoms with E-state index in [0.29, 0.717) is 0 Å². The summed E-state index contributed by atoms with van der Waals surface area (Å²) in [6, 6.07) is 38.0. The Morgan fingerprint density at radius 2 is 1.06 bits per heavy atom. The molecule has 3 heterocycles. The quantitative estimate of drug-likeness (QED) is 0.296. The van der Waals surface area contributed by atoms with Crippen molar-refractivity contribution in [2.45, 2.75) is 0 Å². The van der Waals surface area contributed by atoms with E-state index >= 15 is 0 Å². The zero-order valence-corrected chi connectivity index (χ0v) is 16.7. The van der Waals surface area contributed by atoms with Gasteiger partial charge in [-0.05, 0) is 36.4 Å². The average Bonchev–Trinajstić information content (AvgIpc) is 3.46. The Bertz CT molecular complexity index is 1720. The molecule has 0 aliphatic heterocycles. The second-order valence-corrected chi connectivity index (χ2v) is 7.84. The number of aromatic nitrogens is 2. The Hall–Kier alpha value is -4.24. The molecule has 0 bridgehead atoms. The first kappa shape index (κ1) is 16.5. The van der Waals surface area contributed by atoms with Gasteiger partial charge in [0.05, 0.1) is 16.6 Å². The summed E-state index contributed by atoms with van der Waals surface area (Å²) >= 11 is 0. The van der Waals surface area contributed by atoms with E-state index in [0.717, 1.165) is 33.7 Å². The van der Waals surface area contributed by atoms with E-state index in [9.17, 15) is 0 Å². The summed E-state index contributed by atoms with van der Waals surface area (Å²) < 4.78 is 11.1. The lowest BCUT2D eigenvalue weighted by Crippen LogP contribution is -2.01. The smallest absolute Gasteiger partial charge is 0.215 e. The topological polar surface area (TPSA) is 23.0 Å². The first-order valence-electron chi connectivity index (χ1n) is 10.5. The highest BCUT2D eigenvalue weighted by atomic mass is 16.3. The largest absolute Gasteiger partial charge is 0.439 e. The van der Waals surface area contributed by atoms with E-state index in [-0.39, 0.29) is 0 Å². The monoisotopic (exact) mass is 398 g/mol. The fourth-order valence-electron chi connectivity index (χ4n) is 4.87. The van der Waals surface area contributed by atoms with Gasteiger partial charge in [-0.1, -0.05) is 72.8 Å². The SMILES string of the molecule is c1ccc(-n2c3ccccc3c3c4c5ccccc5oc4n(-c4ccccc4)c32)cc1. The maximum atomic E-state index is 6.47. The molecule has 0 fully saturated rings. The second-order valence-electron chi connectivity index (χ2n) is 7.84. The van der Waals surface area contributed by atoms with E-state index in [4.69, 9.17) is 4.42 Å². The lowest BCUT2D eigenvalue weighted by atomic mass is 10.1. The minimum Gasteiger partial charge on any atom is -0.439 e.